The van der Waals surface area contributed by atoms with Crippen LogP contribution in [0, 0.1) is 35.1 Å². The molecule has 2 aromatic carbocycles. The number of hydrogen-bond donors (Lipinski definition) is 0. The van der Waals surface area contributed by atoms with Gasteiger partial charge in [-0.3, -0.25) is 0 Å². The summed E-state index contributed by atoms with van der Waals surface area (Å²) in [6, 6.07) is 3.21. The summed E-state index contributed by atoms with van der Waals surface area (Å²) in [6.07, 6.45) is 9.52. The van der Waals surface area contributed by atoms with Crippen molar-refractivity contribution >= 4 is 11.6 Å². The van der Waals surface area contributed by atoms with Gasteiger partial charge in [-0.2, -0.15) is 8.78 Å². The molecule has 4 rings (SSSR count). The normalized spacial score (nSPS) is 19.3. The monoisotopic (exact) mass is 618 g/mol. The molecule has 3 unspecified atom stereocenters. The molecule has 2 aromatic rings. The summed E-state index contributed by atoms with van der Waals surface area (Å²) >= 11 is 6.14. The van der Waals surface area contributed by atoms with Gasteiger partial charge in [0.25, 0.3) is 5.92 Å². The number of fused-ring (bicyclic) bond motifs is 1. The molecule has 0 N–H and O–H groups in total. The van der Waals surface area contributed by atoms with Crippen LogP contribution in [-0.2, 0) is 12.3 Å². The molecule has 1 fully saturated rings. The van der Waals surface area contributed by atoms with Crippen molar-refractivity contribution in [2.24, 2.45) is 11.8 Å². The molecule has 3 atom stereocenters. The van der Waals surface area contributed by atoms with Crippen molar-refractivity contribution in [1.29, 1.82) is 0 Å². The van der Waals surface area contributed by atoms with Gasteiger partial charge in [-0.15, -0.1) is 11.6 Å². The van der Waals surface area contributed by atoms with E-state index in [0.717, 1.165) is 62.1 Å². The molecule has 0 bridgehead atoms. The number of aryl methyl sites for hydroxylation is 1. The second-order valence-corrected chi connectivity index (χ2v) is 12.4. The lowest BCUT2D eigenvalue weighted by atomic mass is 9.76. The van der Waals surface area contributed by atoms with Gasteiger partial charge in [0.05, 0.1) is 23.5 Å². The Morgan fingerprint density at radius 1 is 0.857 bits per heavy atom. The van der Waals surface area contributed by atoms with Gasteiger partial charge in [0, 0.05) is 5.56 Å². The molecule has 2 nitrogen and oxygen atoms in total. The average Bonchev–Trinajstić information content (AvgIpc) is 3.80. The summed E-state index contributed by atoms with van der Waals surface area (Å²) in [5.41, 5.74) is -1.84. The van der Waals surface area contributed by atoms with Crippen LogP contribution in [0.3, 0.4) is 0 Å². The van der Waals surface area contributed by atoms with E-state index in [1.807, 2.05) is 6.92 Å². The molecule has 0 spiro atoms. The molecule has 2 aliphatic carbocycles. The van der Waals surface area contributed by atoms with Gasteiger partial charge >= 0.3 is 0 Å². The van der Waals surface area contributed by atoms with E-state index in [1.54, 1.807) is 0 Å². The Balaban J connectivity index is 1.41. The van der Waals surface area contributed by atoms with E-state index in [4.69, 9.17) is 21.1 Å². The van der Waals surface area contributed by atoms with Crippen molar-refractivity contribution in [2.75, 3.05) is 13.2 Å². The van der Waals surface area contributed by atoms with E-state index >= 15 is 17.6 Å². The van der Waals surface area contributed by atoms with Crippen LogP contribution in [-0.4, -0.2) is 18.6 Å². The minimum absolute atomic E-state index is 0.0706. The summed E-state index contributed by atoms with van der Waals surface area (Å²) in [5.74, 6) is -11.2. The summed E-state index contributed by atoms with van der Waals surface area (Å²) in [6.45, 7) is 4.28. The number of rotatable bonds is 16. The van der Waals surface area contributed by atoms with Gasteiger partial charge in [-0.1, -0.05) is 58.4 Å². The van der Waals surface area contributed by atoms with Crippen LogP contribution in [0.2, 0.25) is 0 Å². The highest BCUT2D eigenvalue weighted by Gasteiger charge is 2.50. The molecular formula is C33H41ClF6O2. The molecule has 0 saturated heterocycles. The Labute approximate surface area is 250 Å². The second kappa shape index (κ2) is 14.6. The van der Waals surface area contributed by atoms with Crippen molar-refractivity contribution < 1.29 is 35.8 Å². The maximum atomic E-state index is 15.7. The number of hydrogen-bond acceptors (Lipinski definition) is 2. The molecule has 1 saturated carbocycles. The molecule has 0 aromatic heterocycles. The molecule has 9 heteroatoms. The first-order valence-electron chi connectivity index (χ1n) is 15.4. The lowest BCUT2D eigenvalue weighted by Crippen LogP contribution is -2.32. The fourth-order valence-corrected chi connectivity index (χ4v) is 6.36. The zero-order chi connectivity index (χ0) is 30.4. The summed E-state index contributed by atoms with van der Waals surface area (Å²) < 4.78 is 102. The predicted octanol–water partition coefficient (Wildman–Crippen LogP) is 10.6. The molecule has 42 heavy (non-hydrogen) atoms. The average molecular weight is 619 g/mol. The standard InChI is InChI=1S/C33H41ClF6O2/c1-3-5-10-23(34)19-42-26-16-14-24(29(35)30(26)36)25-15-13-22-18-27(31(37)32(38)28(22)33(25,39)40)41-17-8-6-7-9-20(4-2)21-11-12-21/h14,16,18,20-21,23,25H,3-13,15,17,19H2,1-2H3. The minimum atomic E-state index is -3.98. The van der Waals surface area contributed by atoms with Crippen LogP contribution in [0.25, 0.3) is 0 Å². The molecule has 0 heterocycles. The molecular weight excluding hydrogens is 578 g/mol. The number of unbranched alkanes of at least 4 members (excludes halogenated alkanes) is 3. The molecule has 0 amide bonds. The van der Waals surface area contributed by atoms with Crippen LogP contribution in [0.5, 0.6) is 11.5 Å². The summed E-state index contributed by atoms with van der Waals surface area (Å²) in [7, 11) is 0. The first-order chi connectivity index (χ1) is 20.1. The highest BCUT2D eigenvalue weighted by molar-refractivity contribution is 6.20. The van der Waals surface area contributed by atoms with Crippen molar-refractivity contribution in [3.63, 3.8) is 0 Å². The van der Waals surface area contributed by atoms with E-state index in [9.17, 15) is 8.78 Å². The van der Waals surface area contributed by atoms with Gasteiger partial charge in [0.1, 0.15) is 6.61 Å². The van der Waals surface area contributed by atoms with Gasteiger partial charge in [0.15, 0.2) is 23.1 Å². The lowest BCUT2D eigenvalue weighted by molar-refractivity contribution is -0.0485. The predicted molar refractivity (Wildman–Crippen MR) is 153 cm³/mol. The van der Waals surface area contributed by atoms with Crippen molar-refractivity contribution in [3.8, 4) is 11.5 Å². The van der Waals surface area contributed by atoms with Gasteiger partial charge in [-0.25, -0.2) is 17.6 Å². The van der Waals surface area contributed by atoms with E-state index < -0.39 is 63.1 Å². The largest absolute Gasteiger partial charge is 0.490 e. The van der Waals surface area contributed by atoms with E-state index in [2.05, 4.69) is 6.92 Å². The Morgan fingerprint density at radius 2 is 1.60 bits per heavy atom. The maximum Gasteiger partial charge on any atom is 0.283 e. The number of halogens is 7. The molecule has 0 aliphatic heterocycles. The third-order valence-corrected chi connectivity index (χ3v) is 9.11. The summed E-state index contributed by atoms with van der Waals surface area (Å²) in [5, 5.41) is -0.413. The fraction of sp³-hybridized carbons (Fsp3) is 0.636. The highest BCUT2D eigenvalue weighted by Crippen LogP contribution is 2.52. The van der Waals surface area contributed by atoms with Gasteiger partial charge in [0.2, 0.25) is 11.6 Å². The van der Waals surface area contributed by atoms with Crippen molar-refractivity contribution in [3.05, 3.63) is 58.2 Å². The molecule has 234 valence electrons. The van der Waals surface area contributed by atoms with Crippen LogP contribution in [0.1, 0.15) is 107 Å². The van der Waals surface area contributed by atoms with Crippen LogP contribution >= 0.6 is 11.6 Å². The first-order valence-corrected chi connectivity index (χ1v) is 15.8. The third kappa shape index (κ3) is 7.51. The Hall–Kier alpha value is -2.09. The number of ether oxygens (including phenoxy) is 2. The quantitative estimate of drug-likeness (QED) is 0.106. The topological polar surface area (TPSA) is 18.5 Å². The first kappa shape index (κ1) is 32.8. The van der Waals surface area contributed by atoms with Crippen LogP contribution < -0.4 is 9.47 Å². The molecule has 0 radical (unpaired) electrons. The number of benzene rings is 2. The third-order valence-electron chi connectivity index (χ3n) is 8.76. The smallest absolute Gasteiger partial charge is 0.283 e. The second-order valence-electron chi connectivity index (χ2n) is 11.8. The van der Waals surface area contributed by atoms with E-state index in [-0.39, 0.29) is 31.6 Å². The zero-order valence-electron chi connectivity index (χ0n) is 24.4. The Morgan fingerprint density at radius 3 is 2.29 bits per heavy atom. The highest BCUT2D eigenvalue weighted by atomic mass is 35.5. The SMILES string of the molecule is CCCCC(Cl)COc1ccc(C2CCc3cc(OCCCCCC(CC)C4CC4)c(F)c(F)c3C2(F)F)c(F)c1F. The maximum absolute atomic E-state index is 15.7. The van der Waals surface area contributed by atoms with Gasteiger partial charge in [-0.05, 0) is 68.1 Å². The van der Waals surface area contributed by atoms with Crippen LogP contribution in [0.15, 0.2) is 18.2 Å². The minimum Gasteiger partial charge on any atom is -0.490 e. The van der Waals surface area contributed by atoms with Crippen molar-refractivity contribution in [2.45, 2.75) is 108 Å². The fourth-order valence-electron chi connectivity index (χ4n) is 6.15. The Kier molecular flexibility index (Phi) is 11.4. The lowest BCUT2D eigenvalue weighted by Gasteiger charge is -2.34. The van der Waals surface area contributed by atoms with Crippen LogP contribution in [0.4, 0.5) is 26.3 Å². The zero-order valence-corrected chi connectivity index (χ0v) is 25.2. The summed E-state index contributed by atoms with van der Waals surface area (Å²) in [4.78, 5) is 0. The van der Waals surface area contributed by atoms with Gasteiger partial charge < -0.3 is 9.47 Å². The van der Waals surface area contributed by atoms with E-state index in [1.165, 1.54) is 19.3 Å². The van der Waals surface area contributed by atoms with Crippen molar-refractivity contribution in [1.82, 2.24) is 0 Å². The molecule has 2 aliphatic rings. The Bertz CT molecular complexity index is 1200. The van der Waals surface area contributed by atoms with E-state index in [0.29, 0.717) is 12.8 Å². The number of alkyl halides is 3.